The normalized spacial score (nSPS) is 18.7. The average Bonchev–Trinajstić information content (AvgIpc) is 2.67. The second-order valence-electron chi connectivity index (χ2n) is 7.68. The maximum Gasteiger partial charge on any atom is 0.257 e. The number of H-pyrrole nitrogens is 1. The first-order valence-corrected chi connectivity index (χ1v) is 10.7. The number of carbonyl (C=O) groups excluding carboxylic acids is 1. The summed E-state index contributed by atoms with van der Waals surface area (Å²) in [5, 5.41) is 3.92. The highest BCUT2D eigenvalue weighted by Gasteiger charge is 2.37. The van der Waals surface area contributed by atoms with Gasteiger partial charge in [0, 0.05) is 41.8 Å². The fourth-order valence-electron chi connectivity index (χ4n) is 3.78. The Kier molecular flexibility index (Phi) is 5.35. The van der Waals surface area contributed by atoms with Crippen molar-refractivity contribution in [3.8, 4) is 0 Å². The maximum absolute atomic E-state index is 13.0. The lowest BCUT2D eigenvalue weighted by molar-refractivity contribution is -0.116. The van der Waals surface area contributed by atoms with Gasteiger partial charge in [-0.25, -0.2) is 4.98 Å². The molecule has 1 aliphatic carbocycles. The van der Waals surface area contributed by atoms with Crippen LogP contribution in [0.25, 0.3) is 0 Å². The van der Waals surface area contributed by atoms with E-state index in [1.807, 2.05) is 12.1 Å². The number of allylic oxidation sites excluding steroid dienone is 2. The first-order valence-electron chi connectivity index (χ1n) is 9.74. The Morgan fingerprint density at radius 3 is 2.89 bits per heavy atom. The lowest BCUT2D eigenvalue weighted by atomic mass is 9.77. The van der Waals surface area contributed by atoms with Crippen molar-refractivity contribution in [3.05, 3.63) is 57.3 Å². The molecule has 6 nitrogen and oxygen atoms in total. The molecule has 2 aromatic heterocycles. The molecule has 0 spiro atoms. The Morgan fingerprint density at radius 2 is 2.14 bits per heavy atom. The molecule has 4 rings (SSSR count). The first-order chi connectivity index (χ1) is 13.5. The zero-order chi connectivity index (χ0) is 19.7. The monoisotopic (exact) mass is 396 g/mol. The molecule has 0 radical (unpaired) electrons. The molecule has 0 amide bonds. The van der Waals surface area contributed by atoms with Gasteiger partial charge in [-0.3, -0.25) is 14.6 Å². The molecule has 1 aliphatic heterocycles. The molecule has 0 saturated carbocycles. The highest BCUT2D eigenvalue weighted by atomic mass is 32.2. The van der Waals surface area contributed by atoms with Crippen LogP contribution < -0.4 is 10.9 Å². The van der Waals surface area contributed by atoms with Gasteiger partial charge in [-0.15, -0.1) is 0 Å². The number of thioether (sulfide) groups is 1. The molecule has 0 unspecified atom stereocenters. The van der Waals surface area contributed by atoms with E-state index in [1.165, 1.54) is 0 Å². The number of Topliss-reactive ketones (excluding diaryl/α,β-unsaturated/α-hetero) is 1. The second-order valence-corrected chi connectivity index (χ2v) is 8.76. The fourth-order valence-corrected chi connectivity index (χ4v) is 4.88. The Bertz CT molecular complexity index is 982. The molecule has 0 fully saturated rings. The SMILES string of the molecule is CC(C)CCSc1nc2c(c(=O)[nH]1)[C@@H](c1cccnc1)C1=C(CCCC1=O)N2. The predicted molar refractivity (Wildman–Crippen MR) is 111 cm³/mol. The fraction of sp³-hybridized carbons (Fsp3) is 0.429. The summed E-state index contributed by atoms with van der Waals surface area (Å²) in [6, 6.07) is 3.76. The van der Waals surface area contributed by atoms with Crippen LogP contribution in [0.15, 0.2) is 45.7 Å². The Balaban J connectivity index is 1.79. The lowest BCUT2D eigenvalue weighted by Crippen LogP contribution is -2.32. The number of aromatic amines is 1. The smallest absolute Gasteiger partial charge is 0.257 e. The van der Waals surface area contributed by atoms with E-state index in [0.717, 1.165) is 36.3 Å². The zero-order valence-corrected chi connectivity index (χ0v) is 16.9. The number of carbonyl (C=O) groups is 1. The van der Waals surface area contributed by atoms with Crippen LogP contribution in [0.5, 0.6) is 0 Å². The predicted octanol–water partition coefficient (Wildman–Crippen LogP) is 3.87. The van der Waals surface area contributed by atoms with Crippen molar-refractivity contribution in [2.24, 2.45) is 5.92 Å². The molecule has 28 heavy (non-hydrogen) atoms. The third kappa shape index (κ3) is 3.63. The van der Waals surface area contributed by atoms with Crippen molar-refractivity contribution in [2.45, 2.75) is 50.6 Å². The first kappa shape index (κ1) is 18.9. The van der Waals surface area contributed by atoms with Gasteiger partial charge in [0.05, 0.1) is 5.56 Å². The topological polar surface area (TPSA) is 87.7 Å². The van der Waals surface area contributed by atoms with Crippen molar-refractivity contribution >= 4 is 23.4 Å². The number of nitrogens with one attached hydrogen (secondary N) is 2. The number of pyridine rings is 1. The van der Waals surface area contributed by atoms with Gasteiger partial charge >= 0.3 is 0 Å². The summed E-state index contributed by atoms with van der Waals surface area (Å²) in [7, 11) is 0. The van der Waals surface area contributed by atoms with Crippen LogP contribution in [0.4, 0.5) is 5.82 Å². The molecule has 3 heterocycles. The van der Waals surface area contributed by atoms with Gasteiger partial charge in [0.2, 0.25) is 0 Å². The van der Waals surface area contributed by atoms with E-state index < -0.39 is 5.92 Å². The summed E-state index contributed by atoms with van der Waals surface area (Å²) in [4.78, 5) is 37.6. The number of aromatic nitrogens is 3. The number of nitrogens with zero attached hydrogens (tertiary/aromatic N) is 2. The van der Waals surface area contributed by atoms with Crippen molar-refractivity contribution < 1.29 is 4.79 Å². The minimum Gasteiger partial charge on any atom is -0.343 e. The van der Waals surface area contributed by atoms with Gasteiger partial charge in [-0.05, 0) is 36.8 Å². The maximum atomic E-state index is 13.0. The molecule has 2 aliphatic rings. The number of anilines is 1. The number of fused-ring (bicyclic) bond motifs is 1. The Hall–Kier alpha value is -2.41. The molecule has 7 heteroatoms. The van der Waals surface area contributed by atoms with Gasteiger partial charge in [0.15, 0.2) is 10.9 Å². The highest BCUT2D eigenvalue weighted by Crippen LogP contribution is 2.43. The lowest BCUT2D eigenvalue weighted by Gasteiger charge is -2.32. The Labute approximate surface area is 168 Å². The van der Waals surface area contributed by atoms with Crippen LogP contribution >= 0.6 is 11.8 Å². The quantitative estimate of drug-likeness (QED) is 0.589. The van der Waals surface area contributed by atoms with E-state index in [0.29, 0.717) is 34.4 Å². The summed E-state index contributed by atoms with van der Waals surface area (Å²) in [6.45, 7) is 4.36. The zero-order valence-electron chi connectivity index (χ0n) is 16.1. The van der Waals surface area contributed by atoms with Gasteiger partial charge in [-0.2, -0.15) is 0 Å². The van der Waals surface area contributed by atoms with Gasteiger partial charge in [0.25, 0.3) is 5.56 Å². The standard InChI is InChI=1S/C21H24N4O2S/c1-12(2)8-10-28-21-24-19-18(20(27)25-21)16(13-5-4-9-22-11-13)17-14(23-19)6-3-7-15(17)26/h4-5,9,11-12,16H,3,6-8,10H2,1-2H3,(H2,23,24,25,27)/t16-/m0/s1. The van der Waals surface area contributed by atoms with Crippen molar-refractivity contribution in [1.29, 1.82) is 0 Å². The van der Waals surface area contributed by atoms with E-state index in [-0.39, 0.29) is 11.3 Å². The van der Waals surface area contributed by atoms with Gasteiger partial charge in [-0.1, -0.05) is 31.7 Å². The van der Waals surface area contributed by atoms with Crippen LogP contribution in [-0.4, -0.2) is 26.5 Å². The van der Waals surface area contributed by atoms with Gasteiger partial charge < -0.3 is 10.3 Å². The molecule has 0 bridgehead atoms. The molecule has 2 N–H and O–H groups in total. The number of rotatable bonds is 5. The van der Waals surface area contributed by atoms with E-state index in [1.54, 1.807) is 24.2 Å². The van der Waals surface area contributed by atoms with Crippen LogP contribution in [-0.2, 0) is 4.79 Å². The Morgan fingerprint density at radius 1 is 1.29 bits per heavy atom. The minimum absolute atomic E-state index is 0.100. The third-order valence-electron chi connectivity index (χ3n) is 5.19. The molecule has 146 valence electrons. The van der Waals surface area contributed by atoms with Crippen LogP contribution in [0.1, 0.15) is 56.6 Å². The molecular formula is C21H24N4O2S. The highest BCUT2D eigenvalue weighted by molar-refractivity contribution is 7.99. The van der Waals surface area contributed by atoms with Crippen LogP contribution in [0.3, 0.4) is 0 Å². The molecule has 0 saturated heterocycles. The van der Waals surface area contributed by atoms with E-state index in [4.69, 9.17) is 4.98 Å². The summed E-state index contributed by atoms with van der Waals surface area (Å²) >= 11 is 1.56. The molecule has 2 aromatic rings. The summed E-state index contributed by atoms with van der Waals surface area (Å²) in [5.74, 6) is 1.75. The second kappa shape index (κ2) is 7.91. The van der Waals surface area contributed by atoms with E-state index in [2.05, 4.69) is 29.1 Å². The number of hydrogen-bond donors (Lipinski definition) is 2. The van der Waals surface area contributed by atoms with Gasteiger partial charge in [0.1, 0.15) is 5.82 Å². The van der Waals surface area contributed by atoms with Crippen LogP contribution in [0.2, 0.25) is 0 Å². The average molecular weight is 397 g/mol. The largest absolute Gasteiger partial charge is 0.343 e. The molecule has 1 atom stereocenters. The molecular weight excluding hydrogens is 372 g/mol. The number of ketones is 1. The van der Waals surface area contributed by atoms with E-state index in [9.17, 15) is 9.59 Å². The van der Waals surface area contributed by atoms with Crippen molar-refractivity contribution in [3.63, 3.8) is 0 Å². The van der Waals surface area contributed by atoms with E-state index >= 15 is 0 Å². The summed E-state index contributed by atoms with van der Waals surface area (Å²) in [5.41, 5.74) is 2.76. The third-order valence-corrected chi connectivity index (χ3v) is 6.09. The number of hydrogen-bond acceptors (Lipinski definition) is 6. The van der Waals surface area contributed by atoms with Crippen molar-refractivity contribution in [1.82, 2.24) is 15.0 Å². The summed E-state index contributed by atoms with van der Waals surface area (Å²) in [6.07, 6.45) is 6.61. The molecule has 0 aromatic carbocycles. The summed E-state index contributed by atoms with van der Waals surface area (Å²) < 4.78 is 0. The minimum atomic E-state index is -0.418. The van der Waals surface area contributed by atoms with Crippen molar-refractivity contribution in [2.75, 3.05) is 11.1 Å². The van der Waals surface area contributed by atoms with Crippen LogP contribution in [0, 0.1) is 5.92 Å².